The van der Waals surface area contributed by atoms with Gasteiger partial charge in [0.15, 0.2) is 0 Å². The summed E-state index contributed by atoms with van der Waals surface area (Å²) in [6.07, 6.45) is 0. The predicted molar refractivity (Wildman–Crippen MR) is 45.3 cm³/mol. The Bertz CT molecular complexity index is 267. The van der Waals surface area contributed by atoms with Gasteiger partial charge in [-0.3, -0.25) is 5.32 Å². The highest BCUT2D eigenvalue weighted by Gasteiger charge is 1.99. The first-order valence-electron chi connectivity index (χ1n) is 3.49. The molecule has 0 spiro atoms. The summed E-state index contributed by atoms with van der Waals surface area (Å²) in [6.45, 7) is 0.380. The monoisotopic (exact) mass is 189 g/mol. The van der Waals surface area contributed by atoms with Crippen LogP contribution in [0, 0.1) is 5.82 Å². The van der Waals surface area contributed by atoms with Gasteiger partial charge in [0.2, 0.25) is 0 Å². The van der Waals surface area contributed by atoms with Gasteiger partial charge in [0, 0.05) is 6.54 Å². The molecule has 2 nitrogen and oxygen atoms in total. The molecule has 0 aromatic heterocycles. The number of aliphatic hydroxyl groups excluding tert-OH is 1. The zero-order valence-corrected chi connectivity index (χ0v) is 7.11. The van der Waals surface area contributed by atoms with Crippen LogP contribution >= 0.6 is 11.6 Å². The van der Waals surface area contributed by atoms with Crippen molar-refractivity contribution in [3.05, 3.63) is 34.6 Å². The molecule has 1 aromatic carbocycles. The van der Waals surface area contributed by atoms with Crippen LogP contribution in [0.5, 0.6) is 0 Å². The molecule has 0 unspecified atom stereocenters. The number of halogens is 2. The zero-order valence-electron chi connectivity index (χ0n) is 6.35. The lowest BCUT2D eigenvalue weighted by molar-refractivity contribution is 0.259. The van der Waals surface area contributed by atoms with Crippen molar-refractivity contribution < 1.29 is 9.50 Å². The number of aliphatic hydroxyl groups is 1. The van der Waals surface area contributed by atoms with Crippen molar-refractivity contribution in [3.8, 4) is 0 Å². The van der Waals surface area contributed by atoms with Crippen molar-refractivity contribution in [1.29, 1.82) is 0 Å². The third-order valence-corrected chi connectivity index (χ3v) is 1.71. The summed E-state index contributed by atoms with van der Waals surface area (Å²) in [5, 5.41) is 11.2. The Hall–Kier alpha value is -0.640. The molecule has 0 saturated carbocycles. The molecular formula is C8H9ClFNO. The van der Waals surface area contributed by atoms with Gasteiger partial charge in [0.1, 0.15) is 5.82 Å². The van der Waals surface area contributed by atoms with Gasteiger partial charge in [0.05, 0.1) is 11.8 Å². The van der Waals surface area contributed by atoms with Crippen molar-refractivity contribution >= 4 is 11.6 Å². The van der Waals surface area contributed by atoms with Gasteiger partial charge in [-0.2, -0.15) is 0 Å². The first kappa shape index (κ1) is 9.45. The van der Waals surface area contributed by atoms with Crippen molar-refractivity contribution in [2.45, 2.75) is 6.54 Å². The lowest BCUT2D eigenvalue weighted by atomic mass is 10.2. The van der Waals surface area contributed by atoms with Crippen LogP contribution in [0.2, 0.25) is 5.02 Å². The van der Waals surface area contributed by atoms with E-state index in [1.54, 1.807) is 6.07 Å². The highest BCUT2D eigenvalue weighted by Crippen LogP contribution is 2.15. The van der Waals surface area contributed by atoms with E-state index in [9.17, 15) is 4.39 Å². The van der Waals surface area contributed by atoms with E-state index in [4.69, 9.17) is 16.7 Å². The van der Waals surface area contributed by atoms with Crippen LogP contribution in [0.25, 0.3) is 0 Å². The van der Waals surface area contributed by atoms with E-state index in [0.29, 0.717) is 6.54 Å². The lowest BCUT2D eigenvalue weighted by Gasteiger charge is -2.01. The molecule has 0 amide bonds. The first-order chi connectivity index (χ1) is 5.74. The summed E-state index contributed by atoms with van der Waals surface area (Å²) in [6, 6.07) is 4.44. The number of hydrogen-bond donors (Lipinski definition) is 2. The minimum atomic E-state index is -0.426. The summed E-state index contributed by atoms with van der Waals surface area (Å²) in [5.74, 6) is -0.426. The molecule has 4 heteroatoms. The molecule has 0 aliphatic rings. The second-order valence-corrected chi connectivity index (χ2v) is 2.74. The average Bonchev–Trinajstić information content (AvgIpc) is 2.07. The third-order valence-electron chi connectivity index (χ3n) is 1.42. The fourth-order valence-corrected chi connectivity index (χ4v) is 1.05. The van der Waals surface area contributed by atoms with Gasteiger partial charge >= 0.3 is 0 Å². The quantitative estimate of drug-likeness (QED) is 0.707. The summed E-state index contributed by atoms with van der Waals surface area (Å²) in [5.41, 5.74) is 0.843. The Morgan fingerprint density at radius 2 is 2.25 bits per heavy atom. The van der Waals surface area contributed by atoms with Gasteiger partial charge in [-0.1, -0.05) is 17.7 Å². The Kier molecular flexibility index (Phi) is 3.47. The molecule has 0 bridgehead atoms. The molecule has 0 heterocycles. The van der Waals surface area contributed by atoms with Gasteiger partial charge < -0.3 is 5.11 Å². The van der Waals surface area contributed by atoms with E-state index >= 15 is 0 Å². The van der Waals surface area contributed by atoms with Crippen molar-refractivity contribution in [3.63, 3.8) is 0 Å². The molecule has 1 rings (SSSR count). The minimum Gasteiger partial charge on any atom is -0.381 e. The second-order valence-electron chi connectivity index (χ2n) is 2.33. The predicted octanol–water partition coefficient (Wildman–Crippen LogP) is 1.52. The van der Waals surface area contributed by atoms with Crippen LogP contribution in [0.3, 0.4) is 0 Å². The van der Waals surface area contributed by atoms with E-state index in [0.717, 1.165) is 5.56 Å². The van der Waals surface area contributed by atoms with Crippen LogP contribution in [0.15, 0.2) is 18.2 Å². The maximum atomic E-state index is 12.6. The number of benzene rings is 1. The van der Waals surface area contributed by atoms with Crippen LogP contribution in [-0.4, -0.2) is 11.8 Å². The Morgan fingerprint density at radius 1 is 1.50 bits per heavy atom. The molecule has 0 fully saturated rings. The molecule has 12 heavy (non-hydrogen) atoms. The van der Waals surface area contributed by atoms with Crippen molar-refractivity contribution in [1.82, 2.24) is 5.32 Å². The molecule has 66 valence electrons. The Labute approximate surface area is 75.0 Å². The minimum absolute atomic E-state index is 0.102. The smallest absolute Gasteiger partial charge is 0.141 e. The van der Waals surface area contributed by atoms with E-state index in [1.165, 1.54) is 12.1 Å². The molecular weight excluding hydrogens is 181 g/mol. The molecule has 0 atom stereocenters. The number of rotatable bonds is 3. The van der Waals surface area contributed by atoms with Gasteiger partial charge in [-0.05, 0) is 17.7 Å². The fraction of sp³-hybridized carbons (Fsp3) is 0.250. The van der Waals surface area contributed by atoms with Crippen LogP contribution in [-0.2, 0) is 6.54 Å². The third kappa shape index (κ3) is 2.44. The molecule has 0 aliphatic carbocycles. The first-order valence-corrected chi connectivity index (χ1v) is 3.87. The summed E-state index contributed by atoms with van der Waals surface area (Å²) >= 11 is 5.53. The lowest BCUT2D eigenvalue weighted by Crippen LogP contribution is -2.13. The van der Waals surface area contributed by atoms with Crippen molar-refractivity contribution in [2.75, 3.05) is 6.73 Å². The van der Waals surface area contributed by atoms with E-state index < -0.39 is 5.82 Å². The van der Waals surface area contributed by atoms with Gasteiger partial charge in [0.25, 0.3) is 0 Å². The number of hydrogen-bond acceptors (Lipinski definition) is 2. The van der Waals surface area contributed by atoms with E-state index in [1.807, 2.05) is 0 Å². The molecule has 1 aromatic rings. The highest BCUT2D eigenvalue weighted by atomic mass is 35.5. The van der Waals surface area contributed by atoms with Gasteiger partial charge in [-0.15, -0.1) is 0 Å². The average molecular weight is 190 g/mol. The molecule has 0 aliphatic heterocycles. The van der Waals surface area contributed by atoms with Crippen molar-refractivity contribution in [2.24, 2.45) is 0 Å². The molecule has 0 saturated heterocycles. The SMILES string of the molecule is OCNCc1ccc(F)c(Cl)c1. The van der Waals surface area contributed by atoms with E-state index in [-0.39, 0.29) is 11.8 Å². The highest BCUT2D eigenvalue weighted by molar-refractivity contribution is 6.30. The Balaban J connectivity index is 2.69. The summed E-state index contributed by atoms with van der Waals surface area (Å²) < 4.78 is 12.6. The Morgan fingerprint density at radius 3 is 2.83 bits per heavy atom. The summed E-state index contributed by atoms with van der Waals surface area (Å²) in [4.78, 5) is 0. The topological polar surface area (TPSA) is 32.3 Å². The largest absolute Gasteiger partial charge is 0.381 e. The maximum Gasteiger partial charge on any atom is 0.141 e. The normalized spacial score (nSPS) is 10.2. The standard InChI is InChI=1S/C8H9ClFNO/c9-7-3-6(4-11-5-12)1-2-8(7)10/h1-3,11-12H,4-5H2. The number of nitrogens with one attached hydrogen (secondary N) is 1. The van der Waals surface area contributed by atoms with Crippen LogP contribution in [0.1, 0.15) is 5.56 Å². The zero-order chi connectivity index (χ0) is 8.97. The fourth-order valence-electron chi connectivity index (χ4n) is 0.850. The summed E-state index contributed by atoms with van der Waals surface area (Å²) in [7, 11) is 0. The van der Waals surface area contributed by atoms with E-state index in [2.05, 4.69) is 5.32 Å². The molecule has 0 radical (unpaired) electrons. The van der Waals surface area contributed by atoms with Gasteiger partial charge in [-0.25, -0.2) is 4.39 Å². The molecule has 2 N–H and O–H groups in total. The second kappa shape index (κ2) is 4.40. The maximum absolute atomic E-state index is 12.6. The van der Waals surface area contributed by atoms with Crippen LogP contribution < -0.4 is 5.32 Å². The van der Waals surface area contributed by atoms with Crippen LogP contribution in [0.4, 0.5) is 4.39 Å².